The van der Waals surface area contributed by atoms with Crippen LogP contribution in [0.2, 0.25) is 0 Å². The van der Waals surface area contributed by atoms with Crippen molar-refractivity contribution in [3.05, 3.63) is 71.8 Å². The van der Waals surface area contributed by atoms with E-state index in [1.165, 1.54) is 0 Å². The van der Waals surface area contributed by atoms with Gasteiger partial charge in [-0.05, 0) is 18.2 Å². The van der Waals surface area contributed by atoms with Crippen LogP contribution in [0.15, 0.2) is 60.7 Å². The lowest BCUT2D eigenvalue weighted by atomic mass is 10.1. The molecule has 0 fully saturated rings. The summed E-state index contributed by atoms with van der Waals surface area (Å²) < 4.78 is 6.55. The second kappa shape index (κ2) is 9.35. The van der Waals surface area contributed by atoms with Crippen molar-refractivity contribution < 1.29 is 29.0 Å². The molecule has 29 heavy (non-hydrogen) atoms. The normalized spacial score (nSPS) is 12.1. The Labute approximate surface area is 168 Å². The van der Waals surface area contributed by atoms with E-state index in [1.807, 2.05) is 62.6 Å². The summed E-state index contributed by atoms with van der Waals surface area (Å²) in [4.78, 5) is 19.1. The fraction of sp³-hybridized carbons (Fsp3) is 0.136. The first kappa shape index (κ1) is 21.4. The molecule has 0 aliphatic carbocycles. The molecule has 0 unspecified atom stereocenters. The van der Waals surface area contributed by atoms with E-state index < -0.39 is 11.9 Å². The predicted molar refractivity (Wildman–Crippen MR) is 108 cm³/mol. The summed E-state index contributed by atoms with van der Waals surface area (Å²) in [6.45, 7) is 0.405. The zero-order valence-electron chi connectivity index (χ0n) is 16.1. The highest BCUT2D eigenvalue weighted by Crippen LogP contribution is 2.40. The van der Waals surface area contributed by atoms with Gasteiger partial charge in [0.05, 0.1) is 19.7 Å². The number of quaternary nitrogens is 1. The molecule has 0 bridgehead atoms. The van der Waals surface area contributed by atoms with Crippen molar-refractivity contribution >= 4 is 23.7 Å². The molecule has 7 nitrogen and oxygen atoms in total. The van der Waals surface area contributed by atoms with E-state index in [2.05, 4.69) is 12.1 Å². The SMILES string of the molecule is C[N+](C)(CC#N)C1=Cc2ccccc2Oc2ccccc21.O=C(O)/C=C/C(=O)O. The fourth-order valence-corrected chi connectivity index (χ4v) is 2.71. The number of para-hydroxylation sites is 2. The van der Waals surface area contributed by atoms with Gasteiger partial charge in [0.2, 0.25) is 0 Å². The van der Waals surface area contributed by atoms with Crippen molar-refractivity contribution in [2.45, 2.75) is 0 Å². The highest BCUT2D eigenvalue weighted by Gasteiger charge is 2.28. The van der Waals surface area contributed by atoms with Gasteiger partial charge in [-0.15, -0.1) is 0 Å². The first-order chi connectivity index (χ1) is 13.7. The highest BCUT2D eigenvalue weighted by atomic mass is 16.5. The molecule has 1 heterocycles. The fourth-order valence-electron chi connectivity index (χ4n) is 2.71. The molecule has 1 aliphatic rings. The number of hydrogen-bond acceptors (Lipinski definition) is 4. The van der Waals surface area contributed by atoms with Crippen molar-refractivity contribution in [2.75, 3.05) is 20.6 Å². The summed E-state index contributed by atoms with van der Waals surface area (Å²) in [7, 11) is 4.08. The van der Waals surface area contributed by atoms with Gasteiger partial charge >= 0.3 is 11.9 Å². The number of ether oxygens (including phenoxy) is 1. The van der Waals surface area contributed by atoms with Crippen LogP contribution in [-0.4, -0.2) is 47.3 Å². The topological polar surface area (TPSA) is 108 Å². The molecule has 0 spiro atoms. The minimum atomic E-state index is -1.26. The summed E-state index contributed by atoms with van der Waals surface area (Å²) >= 11 is 0. The van der Waals surface area contributed by atoms with E-state index in [-0.39, 0.29) is 0 Å². The zero-order valence-corrected chi connectivity index (χ0v) is 16.1. The minimum Gasteiger partial charge on any atom is -0.478 e. The van der Waals surface area contributed by atoms with Crippen LogP contribution < -0.4 is 4.74 Å². The molecule has 0 amide bonds. The number of fused-ring (bicyclic) bond motifs is 2. The van der Waals surface area contributed by atoms with Gasteiger partial charge < -0.3 is 14.9 Å². The van der Waals surface area contributed by atoms with Gasteiger partial charge in [0, 0.05) is 23.8 Å². The summed E-state index contributed by atoms with van der Waals surface area (Å²) in [6.07, 6.45) is 3.24. The first-order valence-corrected chi connectivity index (χ1v) is 8.67. The second-order valence-corrected chi connectivity index (χ2v) is 6.68. The van der Waals surface area contributed by atoms with E-state index in [4.69, 9.17) is 20.2 Å². The molecule has 148 valence electrons. The molecule has 0 atom stereocenters. The summed E-state index contributed by atoms with van der Waals surface area (Å²) in [5.74, 6) is -0.838. The number of rotatable bonds is 4. The van der Waals surface area contributed by atoms with Crippen LogP contribution in [-0.2, 0) is 9.59 Å². The molecular weight excluding hydrogens is 372 g/mol. The van der Waals surface area contributed by atoms with Gasteiger partial charge in [-0.3, -0.25) is 4.48 Å². The van der Waals surface area contributed by atoms with Gasteiger partial charge in [0.1, 0.15) is 23.3 Å². The number of benzene rings is 2. The minimum absolute atomic E-state index is 0.405. The maximum atomic E-state index is 9.55. The van der Waals surface area contributed by atoms with Crippen LogP contribution in [0.4, 0.5) is 0 Å². The Balaban J connectivity index is 0.000000321. The summed E-state index contributed by atoms with van der Waals surface area (Å²) in [6, 6.07) is 18.2. The Morgan fingerprint density at radius 2 is 1.55 bits per heavy atom. The van der Waals surface area contributed by atoms with Gasteiger partial charge in [0.15, 0.2) is 6.54 Å². The van der Waals surface area contributed by atoms with Crippen LogP contribution in [0.1, 0.15) is 11.1 Å². The van der Waals surface area contributed by atoms with E-state index in [9.17, 15) is 9.59 Å². The molecule has 3 rings (SSSR count). The Morgan fingerprint density at radius 1 is 1.00 bits per heavy atom. The van der Waals surface area contributed by atoms with Crippen LogP contribution >= 0.6 is 0 Å². The van der Waals surface area contributed by atoms with E-state index in [0.29, 0.717) is 23.2 Å². The molecular formula is C22H21N2O5+. The third-order valence-corrected chi connectivity index (χ3v) is 4.08. The maximum Gasteiger partial charge on any atom is 0.328 e. The monoisotopic (exact) mass is 393 g/mol. The summed E-state index contributed by atoms with van der Waals surface area (Å²) in [5, 5.41) is 24.7. The number of hydrogen-bond donors (Lipinski definition) is 2. The third kappa shape index (κ3) is 5.79. The van der Waals surface area contributed by atoms with Gasteiger partial charge in [-0.1, -0.05) is 30.3 Å². The molecule has 2 aromatic carbocycles. The van der Waals surface area contributed by atoms with Crippen molar-refractivity contribution in [1.29, 1.82) is 5.26 Å². The Hall–Kier alpha value is -3.89. The molecule has 0 saturated carbocycles. The average molecular weight is 393 g/mol. The molecule has 0 aromatic heterocycles. The number of nitriles is 1. The van der Waals surface area contributed by atoms with Crippen molar-refractivity contribution in [3.8, 4) is 17.6 Å². The van der Waals surface area contributed by atoms with Gasteiger partial charge in [-0.25, -0.2) is 9.59 Å². The third-order valence-electron chi connectivity index (χ3n) is 4.08. The molecule has 2 N–H and O–H groups in total. The van der Waals surface area contributed by atoms with Crippen molar-refractivity contribution in [2.24, 2.45) is 0 Å². The Kier molecular flexibility index (Phi) is 6.90. The zero-order chi connectivity index (χ0) is 21.4. The molecule has 0 saturated heterocycles. The van der Waals surface area contributed by atoms with Crippen LogP contribution in [0.25, 0.3) is 11.8 Å². The number of aliphatic carboxylic acids is 2. The number of carboxylic acids is 2. The first-order valence-electron chi connectivity index (χ1n) is 8.67. The molecule has 2 aromatic rings. The molecule has 1 aliphatic heterocycles. The quantitative estimate of drug-likeness (QED) is 0.467. The lowest BCUT2D eigenvalue weighted by molar-refractivity contribution is -0.809. The van der Waals surface area contributed by atoms with Crippen molar-refractivity contribution in [3.63, 3.8) is 0 Å². The van der Waals surface area contributed by atoms with Gasteiger partial charge in [0.25, 0.3) is 0 Å². The standard InChI is InChI=1S/C18H17N2O.C4H4O4/c1-20(2,12-11-19)16-13-14-7-3-5-9-17(14)21-18-10-6-4-8-15(16)18;5-3(6)1-2-4(7)8/h3-10,13H,12H2,1-2H3;1-2H,(H,5,6)(H,7,8)/q+1;/b;2-1+. The van der Waals surface area contributed by atoms with Crippen LogP contribution in [0, 0.1) is 11.3 Å². The van der Waals surface area contributed by atoms with E-state index >= 15 is 0 Å². The lowest BCUT2D eigenvalue weighted by Gasteiger charge is -2.29. The van der Waals surface area contributed by atoms with Crippen molar-refractivity contribution in [1.82, 2.24) is 0 Å². The maximum absolute atomic E-state index is 9.55. The van der Waals surface area contributed by atoms with Crippen LogP contribution in [0.3, 0.4) is 0 Å². The molecule has 0 radical (unpaired) electrons. The van der Waals surface area contributed by atoms with E-state index in [1.54, 1.807) is 0 Å². The van der Waals surface area contributed by atoms with E-state index in [0.717, 1.165) is 28.3 Å². The molecule has 7 heteroatoms. The number of carbonyl (C=O) groups is 2. The van der Waals surface area contributed by atoms with Gasteiger partial charge in [-0.2, -0.15) is 5.26 Å². The number of carboxylic acid groups (broad SMARTS) is 2. The predicted octanol–water partition coefficient (Wildman–Crippen LogP) is 3.60. The second-order valence-electron chi connectivity index (χ2n) is 6.68. The summed E-state index contributed by atoms with van der Waals surface area (Å²) in [5.41, 5.74) is 3.15. The smallest absolute Gasteiger partial charge is 0.328 e. The Morgan fingerprint density at radius 3 is 2.14 bits per heavy atom. The lowest BCUT2D eigenvalue weighted by Crippen LogP contribution is -2.37. The average Bonchev–Trinajstić information content (AvgIpc) is 2.84. The largest absolute Gasteiger partial charge is 0.478 e. The number of nitrogens with zero attached hydrogens (tertiary/aromatic N) is 2. The highest BCUT2D eigenvalue weighted by molar-refractivity contribution is 5.89. The Bertz CT molecular complexity index is 1000. The van der Waals surface area contributed by atoms with Crippen LogP contribution in [0.5, 0.6) is 11.5 Å².